The molecule has 0 spiro atoms. The lowest BCUT2D eigenvalue weighted by Crippen LogP contribution is -2.28. The number of unbranched alkanes of at least 4 members (excludes halogenated alkanes) is 1. The summed E-state index contributed by atoms with van der Waals surface area (Å²) in [6.07, 6.45) is 5.44. The summed E-state index contributed by atoms with van der Waals surface area (Å²) >= 11 is 1.75. The molecule has 126 valence electrons. The van der Waals surface area contributed by atoms with E-state index in [1.165, 1.54) is 16.9 Å². The molecule has 1 aliphatic carbocycles. The predicted molar refractivity (Wildman–Crippen MR) is 97.4 cm³/mol. The van der Waals surface area contributed by atoms with Crippen molar-refractivity contribution in [2.45, 2.75) is 59.0 Å². The summed E-state index contributed by atoms with van der Waals surface area (Å²) in [5.74, 6) is 1.63. The summed E-state index contributed by atoms with van der Waals surface area (Å²) in [6, 6.07) is 0. The van der Waals surface area contributed by atoms with E-state index >= 15 is 0 Å². The molecule has 0 fully saturated rings. The van der Waals surface area contributed by atoms with Crippen LogP contribution in [0.2, 0.25) is 0 Å². The maximum absolute atomic E-state index is 13.2. The van der Waals surface area contributed by atoms with E-state index in [-0.39, 0.29) is 5.56 Å². The molecule has 2 aromatic rings. The minimum atomic E-state index is 0.187. The smallest absolute Gasteiger partial charge is 0.262 e. The van der Waals surface area contributed by atoms with E-state index in [1.54, 1.807) is 11.3 Å². The van der Waals surface area contributed by atoms with Crippen LogP contribution in [0.25, 0.3) is 10.2 Å². The molecular formula is C18H27N3OS. The van der Waals surface area contributed by atoms with Crippen LogP contribution in [-0.4, -0.2) is 28.5 Å². The van der Waals surface area contributed by atoms with Gasteiger partial charge in [-0.25, -0.2) is 4.98 Å². The topological polar surface area (TPSA) is 38.1 Å². The second-order valence-corrected chi connectivity index (χ2v) is 8.19. The number of hydrogen-bond donors (Lipinski definition) is 0. The fourth-order valence-corrected chi connectivity index (χ4v) is 4.81. The van der Waals surface area contributed by atoms with E-state index in [2.05, 4.69) is 18.7 Å². The molecule has 1 aliphatic rings. The number of hydrogen-bond acceptors (Lipinski definition) is 4. The Bertz CT molecular complexity index is 760. The van der Waals surface area contributed by atoms with Gasteiger partial charge >= 0.3 is 0 Å². The van der Waals surface area contributed by atoms with Crippen molar-refractivity contribution < 1.29 is 0 Å². The van der Waals surface area contributed by atoms with Crippen LogP contribution in [0.1, 0.15) is 49.4 Å². The molecule has 5 heteroatoms. The van der Waals surface area contributed by atoms with E-state index in [0.29, 0.717) is 6.54 Å². The van der Waals surface area contributed by atoms with E-state index in [1.807, 2.05) is 18.7 Å². The van der Waals surface area contributed by atoms with Crippen molar-refractivity contribution >= 4 is 21.6 Å². The van der Waals surface area contributed by atoms with Crippen molar-refractivity contribution in [3.63, 3.8) is 0 Å². The zero-order valence-electron chi connectivity index (χ0n) is 14.7. The molecule has 0 saturated carbocycles. The average molecular weight is 334 g/mol. The van der Waals surface area contributed by atoms with E-state index < -0.39 is 0 Å². The molecule has 0 N–H and O–H groups in total. The second kappa shape index (κ2) is 6.73. The first-order valence-corrected chi connectivity index (χ1v) is 9.51. The van der Waals surface area contributed by atoms with Gasteiger partial charge in [0.15, 0.2) is 0 Å². The van der Waals surface area contributed by atoms with Crippen LogP contribution in [-0.2, 0) is 25.9 Å². The highest BCUT2D eigenvalue weighted by Crippen LogP contribution is 2.35. The van der Waals surface area contributed by atoms with Crippen LogP contribution < -0.4 is 5.56 Å². The molecule has 0 amide bonds. The van der Waals surface area contributed by atoms with Crippen molar-refractivity contribution in [2.24, 2.45) is 5.92 Å². The molecule has 1 atom stereocenters. The summed E-state index contributed by atoms with van der Waals surface area (Å²) in [7, 11) is 4.06. The molecule has 23 heavy (non-hydrogen) atoms. The zero-order valence-corrected chi connectivity index (χ0v) is 15.5. The zero-order chi connectivity index (χ0) is 16.6. The van der Waals surface area contributed by atoms with Crippen LogP contribution >= 0.6 is 11.3 Å². The average Bonchev–Trinajstić information content (AvgIpc) is 2.83. The third kappa shape index (κ3) is 3.22. The van der Waals surface area contributed by atoms with Gasteiger partial charge in [0, 0.05) is 11.4 Å². The van der Waals surface area contributed by atoms with Crippen LogP contribution in [0.5, 0.6) is 0 Å². The van der Waals surface area contributed by atoms with Gasteiger partial charge in [0.25, 0.3) is 5.56 Å². The molecule has 0 aliphatic heterocycles. The molecular weight excluding hydrogens is 306 g/mol. The molecule has 0 aromatic carbocycles. The Morgan fingerprint density at radius 3 is 2.87 bits per heavy atom. The van der Waals surface area contributed by atoms with Crippen molar-refractivity contribution in [2.75, 3.05) is 14.1 Å². The third-order valence-corrected chi connectivity index (χ3v) is 5.84. The van der Waals surface area contributed by atoms with Gasteiger partial charge in [-0.3, -0.25) is 9.36 Å². The summed E-state index contributed by atoms with van der Waals surface area (Å²) in [6.45, 7) is 5.96. The van der Waals surface area contributed by atoms with E-state index in [4.69, 9.17) is 4.98 Å². The van der Waals surface area contributed by atoms with Gasteiger partial charge in [0.1, 0.15) is 10.7 Å². The normalized spacial score (nSPS) is 17.9. The summed E-state index contributed by atoms with van der Waals surface area (Å²) in [4.78, 5) is 22.5. The number of fused-ring (bicyclic) bond motifs is 3. The van der Waals surface area contributed by atoms with Gasteiger partial charge in [0.2, 0.25) is 0 Å². The van der Waals surface area contributed by atoms with Crippen LogP contribution in [0.4, 0.5) is 0 Å². The molecule has 1 unspecified atom stereocenters. The summed E-state index contributed by atoms with van der Waals surface area (Å²) in [5, 5.41) is 0.913. The first-order valence-electron chi connectivity index (χ1n) is 8.70. The largest absolute Gasteiger partial charge is 0.302 e. The first-order chi connectivity index (χ1) is 11.0. The van der Waals surface area contributed by atoms with Gasteiger partial charge in [-0.15, -0.1) is 11.3 Å². The standard InChI is InChI=1S/C18H27N3OS/c1-5-6-9-21-15(11-20(3)4)19-17-16(18(21)22)13-8-7-12(2)10-14(13)23-17/h12H,5-11H2,1-4H3. The maximum atomic E-state index is 13.2. The Hall–Kier alpha value is -1.20. The molecule has 2 aromatic heterocycles. The second-order valence-electron chi connectivity index (χ2n) is 7.11. The highest BCUT2D eigenvalue weighted by Gasteiger charge is 2.24. The monoisotopic (exact) mass is 333 g/mol. The molecule has 3 rings (SSSR count). The van der Waals surface area contributed by atoms with Gasteiger partial charge in [-0.05, 0) is 51.3 Å². The quantitative estimate of drug-likeness (QED) is 0.841. The molecule has 0 saturated heterocycles. The predicted octanol–water partition coefficient (Wildman–Crippen LogP) is 3.44. The van der Waals surface area contributed by atoms with Gasteiger partial charge in [0.05, 0.1) is 11.9 Å². The minimum absolute atomic E-state index is 0.187. The van der Waals surface area contributed by atoms with Crippen LogP contribution in [0, 0.1) is 5.92 Å². The van der Waals surface area contributed by atoms with Crippen molar-refractivity contribution in [3.05, 3.63) is 26.6 Å². The Morgan fingerprint density at radius 1 is 1.39 bits per heavy atom. The lowest BCUT2D eigenvalue weighted by molar-refractivity contribution is 0.375. The molecule has 0 radical (unpaired) electrons. The summed E-state index contributed by atoms with van der Waals surface area (Å²) < 4.78 is 1.93. The SMILES string of the molecule is CCCCn1c(CN(C)C)nc2sc3c(c2c1=O)CCC(C)C3. The van der Waals surface area contributed by atoms with E-state index in [9.17, 15) is 4.79 Å². The number of thiophene rings is 1. The van der Waals surface area contributed by atoms with Gasteiger partial charge in [-0.1, -0.05) is 20.3 Å². The van der Waals surface area contributed by atoms with Crippen LogP contribution in [0.15, 0.2) is 4.79 Å². The lowest BCUT2D eigenvalue weighted by atomic mass is 9.89. The van der Waals surface area contributed by atoms with Crippen molar-refractivity contribution in [1.29, 1.82) is 0 Å². The Morgan fingerprint density at radius 2 is 2.17 bits per heavy atom. The highest BCUT2D eigenvalue weighted by molar-refractivity contribution is 7.18. The Labute approximate surface area is 142 Å². The van der Waals surface area contributed by atoms with Crippen molar-refractivity contribution in [3.8, 4) is 0 Å². The maximum Gasteiger partial charge on any atom is 0.262 e. The Balaban J connectivity index is 2.17. The molecule has 2 heterocycles. The summed E-state index contributed by atoms with van der Waals surface area (Å²) in [5.41, 5.74) is 1.48. The fourth-order valence-electron chi connectivity index (χ4n) is 3.42. The molecule has 4 nitrogen and oxygen atoms in total. The number of aryl methyl sites for hydroxylation is 1. The number of nitrogens with zero attached hydrogens (tertiary/aromatic N) is 3. The van der Waals surface area contributed by atoms with Crippen LogP contribution in [0.3, 0.4) is 0 Å². The van der Waals surface area contributed by atoms with Crippen molar-refractivity contribution in [1.82, 2.24) is 14.5 Å². The first kappa shape index (κ1) is 16.7. The Kier molecular flexibility index (Phi) is 4.87. The molecule has 0 bridgehead atoms. The van der Waals surface area contributed by atoms with Gasteiger partial charge in [-0.2, -0.15) is 0 Å². The minimum Gasteiger partial charge on any atom is -0.302 e. The number of aromatic nitrogens is 2. The third-order valence-electron chi connectivity index (χ3n) is 4.69. The highest BCUT2D eigenvalue weighted by atomic mass is 32.1. The fraction of sp³-hybridized carbons (Fsp3) is 0.667. The lowest BCUT2D eigenvalue weighted by Gasteiger charge is -2.18. The number of rotatable bonds is 5. The van der Waals surface area contributed by atoms with E-state index in [0.717, 1.165) is 54.2 Å². The van der Waals surface area contributed by atoms with Gasteiger partial charge < -0.3 is 4.90 Å².